The number of ether oxygens (including phenoxy) is 1. The van der Waals surface area contributed by atoms with Crippen LogP contribution in [0.2, 0.25) is 0 Å². The Labute approximate surface area is 340 Å². The summed E-state index contributed by atoms with van der Waals surface area (Å²) in [6.45, 7) is 12.4. The number of aromatic nitrogens is 2. The van der Waals surface area contributed by atoms with Crippen LogP contribution in [-0.4, -0.2) is 98.1 Å². The van der Waals surface area contributed by atoms with E-state index in [0.717, 1.165) is 12.0 Å². The molecule has 0 aliphatic carbocycles. The van der Waals surface area contributed by atoms with Crippen LogP contribution in [0.15, 0.2) is 47.7 Å². The van der Waals surface area contributed by atoms with Crippen molar-refractivity contribution in [2.24, 2.45) is 5.92 Å². The highest BCUT2D eigenvalue weighted by atomic mass is 32.2. The average molecular weight is 822 g/mol. The van der Waals surface area contributed by atoms with Crippen molar-refractivity contribution in [1.29, 1.82) is 0 Å². The van der Waals surface area contributed by atoms with Gasteiger partial charge in [-0.05, 0) is 87.7 Å². The number of thioether (sulfide) groups is 1. The minimum Gasteiger partial charge on any atom is -0.484 e. The van der Waals surface area contributed by atoms with Crippen LogP contribution in [0.5, 0.6) is 5.75 Å². The lowest BCUT2D eigenvalue weighted by molar-refractivity contribution is -0.140. The van der Waals surface area contributed by atoms with Gasteiger partial charge >= 0.3 is 0 Å². The number of fused-ring (bicyclic) bond motifs is 7. The summed E-state index contributed by atoms with van der Waals surface area (Å²) in [5.74, 6) is -0.690. The predicted molar refractivity (Wildman–Crippen MR) is 219 cm³/mol. The van der Waals surface area contributed by atoms with Crippen molar-refractivity contribution >= 4 is 64.0 Å². The summed E-state index contributed by atoms with van der Waals surface area (Å²) < 4.78 is 6.03. The van der Waals surface area contributed by atoms with Gasteiger partial charge < -0.3 is 30.5 Å². The Bertz CT molecular complexity index is 1930. The van der Waals surface area contributed by atoms with Crippen molar-refractivity contribution in [3.8, 4) is 5.75 Å². The van der Waals surface area contributed by atoms with Crippen LogP contribution in [0.1, 0.15) is 108 Å². The number of benzene rings is 1. The van der Waals surface area contributed by atoms with E-state index in [1.165, 1.54) is 22.7 Å². The Hall–Kier alpha value is -4.28. The molecule has 4 bridgehead atoms. The quantitative estimate of drug-likeness (QED) is 0.243. The number of carbonyl (C=O) groups is 5. The van der Waals surface area contributed by atoms with Gasteiger partial charge in [0.2, 0.25) is 17.7 Å². The van der Waals surface area contributed by atoms with Crippen molar-refractivity contribution in [2.75, 3.05) is 25.1 Å². The molecular weight excluding hydrogens is 771 g/mol. The van der Waals surface area contributed by atoms with E-state index in [9.17, 15) is 24.0 Å². The number of hydrogen-bond donors (Lipinski definition) is 3. The lowest BCUT2D eigenvalue weighted by atomic mass is 10.0. The number of hydrogen-bond acceptors (Lipinski definition) is 11. The molecule has 300 valence electrons. The largest absolute Gasteiger partial charge is 0.484 e. The first kappa shape index (κ1) is 41.4. The summed E-state index contributed by atoms with van der Waals surface area (Å²) in [4.78, 5) is 83.0. The van der Waals surface area contributed by atoms with Gasteiger partial charge in [0.05, 0.1) is 12.1 Å². The van der Waals surface area contributed by atoms with E-state index in [1.54, 1.807) is 38.4 Å². The Morgan fingerprint density at radius 2 is 1.45 bits per heavy atom. The second-order valence-corrected chi connectivity index (χ2v) is 18.1. The molecule has 3 aliphatic heterocycles. The third-order valence-corrected chi connectivity index (χ3v) is 13.0. The fourth-order valence-electron chi connectivity index (χ4n) is 7.27. The molecule has 3 aromatic rings. The fraction of sp³-hybridized carbons (Fsp3) is 0.525. The van der Waals surface area contributed by atoms with E-state index in [-0.39, 0.29) is 47.5 Å². The molecule has 56 heavy (non-hydrogen) atoms. The van der Waals surface area contributed by atoms with Crippen molar-refractivity contribution in [3.63, 3.8) is 0 Å². The van der Waals surface area contributed by atoms with E-state index in [0.29, 0.717) is 60.3 Å². The summed E-state index contributed by atoms with van der Waals surface area (Å²) in [6.07, 6.45) is 6.75. The molecule has 0 saturated carbocycles. The zero-order valence-electron chi connectivity index (χ0n) is 32.5. The van der Waals surface area contributed by atoms with E-state index < -0.39 is 41.6 Å². The van der Waals surface area contributed by atoms with Crippen LogP contribution in [0.3, 0.4) is 0 Å². The SMILES string of the molecule is C=CC(C)(C)Oc1ccc(CC2NC(=O)c3csc(n3)C3CCCN3C(=O)C(CCSC)NC(=O)c3csc(n3)C(C(C)C)NC(=O)C3CCCN3C2=O)cc1. The molecule has 2 aromatic heterocycles. The van der Waals surface area contributed by atoms with Crippen molar-refractivity contribution in [3.05, 3.63) is 74.6 Å². The first-order chi connectivity index (χ1) is 26.8. The van der Waals surface area contributed by atoms with Crippen LogP contribution in [0.25, 0.3) is 0 Å². The molecule has 5 amide bonds. The first-order valence-electron chi connectivity index (χ1n) is 19.1. The second-order valence-electron chi connectivity index (χ2n) is 15.3. The van der Waals surface area contributed by atoms with Gasteiger partial charge in [-0.1, -0.05) is 32.6 Å². The second kappa shape index (κ2) is 17.9. The Morgan fingerprint density at radius 3 is 2.07 bits per heavy atom. The number of nitrogens with one attached hydrogen (secondary N) is 3. The Morgan fingerprint density at radius 1 is 0.875 bits per heavy atom. The van der Waals surface area contributed by atoms with Gasteiger partial charge in [0.15, 0.2) is 0 Å². The van der Waals surface area contributed by atoms with E-state index in [1.807, 2.05) is 58.2 Å². The summed E-state index contributed by atoms with van der Waals surface area (Å²) >= 11 is 4.15. The molecule has 0 radical (unpaired) electrons. The van der Waals surface area contributed by atoms with E-state index >= 15 is 0 Å². The van der Waals surface area contributed by atoms with Crippen molar-refractivity contribution in [2.45, 2.75) is 102 Å². The number of carbonyl (C=O) groups excluding carboxylic acids is 5. The molecule has 5 atom stereocenters. The molecule has 5 unspecified atom stereocenters. The Balaban J connectivity index is 1.35. The maximum Gasteiger partial charge on any atom is 0.271 e. The lowest BCUT2D eigenvalue weighted by Crippen LogP contribution is -2.54. The molecule has 3 N–H and O–H groups in total. The smallest absolute Gasteiger partial charge is 0.271 e. The highest BCUT2D eigenvalue weighted by molar-refractivity contribution is 7.98. The topological polar surface area (TPSA) is 163 Å². The number of thiazole rings is 2. The number of amides is 5. The summed E-state index contributed by atoms with van der Waals surface area (Å²) in [7, 11) is 0. The van der Waals surface area contributed by atoms with Crippen LogP contribution in [0, 0.1) is 5.92 Å². The molecule has 5 heterocycles. The van der Waals surface area contributed by atoms with Gasteiger partial charge in [-0.25, -0.2) is 9.97 Å². The summed E-state index contributed by atoms with van der Waals surface area (Å²) in [6, 6.07) is 3.91. The van der Waals surface area contributed by atoms with Gasteiger partial charge in [0.1, 0.15) is 50.9 Å². The monoisotopic (exact) mass is 821 g/mol. The van der Waals surface area contributed by atoms with Crippen molar-refractivity contribution < 1.29 is 28.7 Å². The highest BCUT2D eigenvalue weighted by Gasteiger charge is 2.41. The van der Waals surface area contributed by atoms with Crippen LogP contribution in [-0.2, 0) is 20.8 Å². The molecule has 16 heteroatoms. The third kappa shape index (κ3) is 9.46. The van der Waals surface area contributed by atoms with Gasteiger partial charge in [-0.2, -0.15) is 11.8 Å². The van der Waals surface area contributed by atoms with Gasteiger partial charge in [-0.15, -0.1) is 22.7 Å². The maximum absolute atomic E-state index is 14.5. The molecule has 13 nitrogen and oxygen atoms in total. The van der Waals surface area contributed by atoms with Gasteiger partial charge in [-0.3, -0.25) is 24.0 Å². The molecule has 0 spiro atoms. The predicted octanol–water partition coefficient (Wildman–Crippen LogP) is 5.32. The molecule has 1 aromatic carbocycles. The summed E-state index contributed by atoms with van der Waals surface area (Å²) in [5.41, 5.74) is 0.529. The van der Waals surface area contributed by atoms with Crippen LogP contribution >= 0.6 is 34.4 Å². The minimum atomic E-state index is -1.01. The highest BCUT2D eigenvalue weighted by Crippen LogP contribution is 2.35. The number of nitrogens with zero attached hydrogens (tertiary/aromatic N) is 4. The summed E-state index contributed by atoms with van der Waals surface area (Å²) in [5, 5.41) is 13.5. The Kier molecular flexibility index (Phi) is 13.2. The molecule has 2 fully saturated rings. The zero-order chi connectivity index (χ0) is 40.1. The van der Waals surface area contributed by atoms with Crippen molar-refractivity contribution in [1.82, 2.24) is 35.7 Å². The van der Waals surface area contributed by atoms with E-state index in [2.05, 4.69) is 27.5 Å². The van der Waals surface area contributed by atoms with Gasteiger partial charge in [0.25, 0.3) is 11.8 Å². The molecule has 6 rings (SSSR count). The standard InChI is InChI=1S/C40H51N7O6S3/c1-7-40(4,5)53-25-14-12-24(13-15-25)20-27-39(52)46-17-8-10-30(46)35(50)45-32(23(2)3)37-44-29(22-56-37)33(48)41-26(16-19-54-6)38(51)47-18-9-11-31(47)36-43-28(21-55-36)34(49)42-27/h7,12-15,21-23,26-27,30-32H,1,8-11,16-20H2,2-6H3,(H,41,48)(H,42,49)(H,45,50). The molecule has 2 saturated heterocycles. The zero-order valence-corrected chi connectivity index (χ0v) is 35.0. The fourth-order valence-corrected chi connectivity index (χ4v) is 9.70. The average Bonchev–Trinajstić information content (AvgIpc) is 4.01. The van der Waals surface area contributed by atoms with Crippen LogP contribution in [0.4, 0.5) is 0 Å². The lowest BCUT2D eigenvalue weighted by Gasteiger charge is -2.30. The first-order valence-corrected chi connectivity index (χ1v) is 22.3. The normalized spacial score (nSPS) is 23.9. The third-order valence-electron chi connectivity index (χ3n) is 10.5. The molecular formula is C40H51N7O6S3. The molecule has 3 aliphatic rings. The minimum absolute atomic E-state index is 0.0879. The maximum atomic E-state index is 14.5. The van der Waals surface area contributed by atoms with Gasteiger partial charge in [0, 0.05) is 30.3 Å². The van der Waals surface area contributed by atoms with Crippen LogP contribution < -0.4 is 20.7 Å². The van der Waals surface area contributed by atoms with E-state index in [4.69, 9.17) is 9.72 Å². The number of rotatable bonds is 9.